The molecule has 0 bridgehead atoms. The highest BCUT2D eigenvalue weighted by atomic mass is 16.5. The van der Waals surface area contributed by atoms with Crippen molar-refractivity contribution in [3.8, 4) is 11.5 Å². The third-order valence-electron chi connectivity index (χ3n) is 2.19. The largest absolute Gasteiger partial charge is 0.508 e. The predicted molar refractivity (Wildman–Crippen MR) is 64.1 cm³/mol. The van der Waals surface area contributed by atoms with E-state index in [0.717, 1.165) is 5.56 Å². The van der Waals surface area contributed by atoms with Gasteiger partial charge in [0, 0.05) is 18.2 Å². The van der Waals surface area contributed by atoms with Crippen LogP contribution < -0.4 is 10.1 Å². The van der Waals surface area contributed by atoms with Gasteiger partial charge in [0.15, 0.2) is 0 Å². The minimum atomic E-state index is 0.0261. The molecule has 0 aliphatic carbocycles. The van der Waals surface area contributed by atoms with E-state index < -0.39 is 0 Å². The van der Waals surface area contributed by atoms with Crippen molar-refractivity contribution in [2.24, 2.45) is 0 Å². The predicted octanol–water partition coefficient (Wildman–Crippen LogP) is 1.53. The molecule has 4 nitrogen and oxygen atoms in total. The van der Waals surface area contributed by atoms with E-state index >= 15 is 0 Å². The zero-order valence-corrected chi connectivity index (χ0v) is 9.36. The van der Waals surface area contributed by atoms with Crippen LogP contribution in [0.5, 0.6) is 11.5 Å². The van der Waals surface area contributed by atoms with Crippen molar-refractivity contribution < 1.29 is 14.9 Å². The number of hydrogen-bond donors (Lipinski definition) is 3. The standard InChI is InChI=1S/C12H17NO3/c1-3-4-9-7-12(16-2)10(8-11(9)15)13-5-6-14/h3,7-8,13-15H,1,4-6H2,2H3. The Labute approximate surface area is 95.2 Å². The number of phenolic OH excluding ortho intramolecular Hbond substituents is 1. The Morgan fingerprint density at radius 3 is 2.81 bits per heavy atom. The smallest absolute Gasteiger partial charge is 0.142 e. The molecule has 0 atom stereocenters. The van der Waals surface area contributed by atoms with Crippen molar-refractivity contribution >= 4 is 5.69 Å². The zero-order valence-electron chi connectivity index (χ0n) is 9.36. The minimum absolute atomic E-state index is 0.0261. The van der Waals surface area contributed by atoms with Crippen LogP contribution in [0.2, 0.25) is 0 Å². The van der Waals surface area contributed by atoms with Crippen molar-refractivity contribution in [3.05, 3.63) is 30.4 Å². The maximum absolute atomic E-state index is 9.74. The summed E-state index contributed by atoms with van der Waals surface area (Å²) in [5.74, 6) is 0.837. The van der Waals surface area contributed by atoms with Crippen molar-refractivity contribution in [2.75, 3.05) is 25.6 Å². The van der Waals surface area contributed by atoms with Gasteiger partial charge in [-0.05, 0) is 12.5 Å². The van der Waals surface area contributed by atoms with Crippen LogP contribution >= 0.6 is 0 Å². The van der Waals surface area contributed by atoms with Crippen LogP contribution in [0.3, 0.4) is 0 Å². The summed E-state index contributed by atoms with van der Waals surface area (Å²) in [4.78, 5) is 0. The number of aliphatic hydroxyl groups excluding tert-OH is 1. The molecular formula is C12H17NO3. The first-order chi connectivity index (χ1) is 7.72. The monoisotopic (exact) mass is 223 g/mol. The highest BCUT2D eigenvalue weighted by Crippen LogP contribution is 2.32. The van der Waals surface area contributed by atoms with E-state index in [1.165, 1.54) is 0 Å². The van der Waals surface area contributed by atoms with Gasteiger partial charge in [-0.15, -0.1) is 6.58 Å². The number of ether oxygens (including phenoxy) is 1. The third-order valence-corrected chi connectivity index (χ3v) is 2.19. The van der Waals surface area contributed by atoms with Gasteiger partial charge in [-0.1, -0.05) is 6.08 Å². The summed E-state index contributed by atoms with van der Waals surface area (Å²) < 4.78 is 5.19. The molecule has 0 aromatic heterocycles. The van der Waals surface area contributed by atoms with Crippen LogP contribution in [0.25, 0.3) is 0 Å². The lowest BCUT2D eigenvalue weighted by molar-refractivity contribution is 0.310. The molecule has 1 rings (SSSR count). The third kappa shape index (κ3) is 2.90. The van der Waals surface area contributed by atoms with Crippen LogP contribution in [0.4, 0.5) is 5.69 Å². The Kier molecular flexibility index (Phi) is 4.66. The van der Waals surface area contributed by atoms with Crippen molar-refractivity contribution in [3.63, 3.8) is 0 Å². The van der Waals surface area contributed by atoms with E-state index in [4.69, 9.17) is 9.84 Å². The second kappa shape index (κ2) is 6.02. The summed E-state index contributed by atoms with van der Waals surface area (Å²) in [5, 5.41) is 21.4. The van der Waals surface area contributed by atoms with Gasteiger partial charge >= 0.3 is 0 Å². The molecule has 0 amide bonds. The van der Waals surface area contributed by atoms with Crippen LogP contribution in [0.1, 0.15) is 5.56 Å². The molecule has 0 spiro atoms. The zero-order chi connectivity index (χ0) is 12.0. The highest BCUT2D eigenvalue weighted by Gasteiger charge is 2.08. The molecule has 0 unspecified atom stereocenters. The number of benzene rings is 1. The Morgan fingerprint density at radius 2 is 2.25 bits per heavy atom. The Bertz CT molecular complexity index is 364. The van der Waals surface area contributed by atoms with Crippen molar-refractivity contribution in [1.82, 2.24) is 0 Å². The van der Waals surface area contributed by atoms with E-state index in [0.29, 0.717) is 24.4 Å². The number of methoxy groups -OCH3 is 1. The molecule has 0 aliphatic heterocycles. The lowest BCUT2D eigenvalue weighted by Gasteiger charge is -2.13. The SMILES string of the molecule is C=CCc1cc(OC)c(NCCO)cc1O. The van der Waals surface area contributed by atoms with E-state index in [2.05, 4.69) is 11.9 Å². The van der Waals surface area contributed by atoms with E-state index in [1.54, 1.807) is 25.3 Å². The van der Waals surface area contributed by atoms with Gasteiger partial charge in [0.25, 0.3) is 0 Å². The van der Waals surface area contributed by atoms with Gasteiger partial charge in [-0.2, -0.15) is 0 Å². The first-order valence-electron chi connectivity index (χ1n) is 5.08. The van der Waals surface area contributed by atoms with Gasteiger partial charge in [-0.3, -0.25) is 0 Å². The first-order valence-corrected chi connectivity index (χ1v) is 5.08. The number of anilines is 1. The van der Waals surface area contributed by atoms with Gasteiger partial charge in [-0.25, -0.2) is 0 Å². The number of nitrogens with one attached hydrogen (secondary N) is 1. The molecule has 16 heavy (non-hydrogen) atoms. The summed E-state index contributed by atoms with van der Waals surface area (Å²) in [5.41, 5.74) is 1.43. The molecular weight excluding hydrogens is 206 g/mol. The van der Waals surface area contributed by atoms with Gasteiger partial charge < -0.3 is 20.3 Å². The Hall–Kier alpha value is -1.68. The molecule has 4 heteroatoms. The molecule has 1 aromatic carbocycles. The Morgan fingerprint density at radius 1 is 1.50 bits per heavy atom. The number of allylic oxidation sites excluding steroid dienone is 1. The average molecular weight is 223 g/mol. The van der Waals surface area contributed by atoms with E-state index in [1.807, 2.05) is 0 Å². The fourth-order valence-corrected chi connectivity index (χ4v) is 1.43. The molecule has 0 heterocycles. The molecule has 1 aromatic rings. The van der Waals surface area contributed by atoms with Crippen LogP contribution in [-0.4, -0.2) is 30.5 Å². The summed E-state index contributed by atoms with van der Waals surface area (Å²) >= 11 is 0. The molecule has 0 saturated carbocycles. The molecule has 0 radical (unpaired) electrons. The fourth-order valence-electron chi connectivity index (χ4n) is 1.43. The maximum Gasteiger partial charge on any atom is 0.142 e. The summed E-state index contributed by atoms with van der Waals surface area (Å²) in [6, 6.07) is 3.35. The number of rotatable bonds is 6. The Balaban J connectivity index is 3.00. The van der Waals surface area contributed by atoms with Crippen LogP contribution in [0, 0.1) is 0 Å². The lowest BCUT2D eigenvalue weighted by atomic mass is 10.1. The topological polar surface area (TPSA) is 61.7 Å². The van der Waals surface area contributed by atoms with E-state index in [9.17, 15) is 5.11 Å². The number of aliphatic hydroxyl groups is 1. The van der Waals surface area contributed by atoms with Crippen molar-refractivity contribution in [1.29, 1.82) is 0 Å². The number of phenols is 1. The number of hydrogen-bond acceptors (Lipinski definition) is 4. The second-order valence-corrected chi connectivity index (χ2v) is 3.32. The number of aromatic hydroxyl groups is 1. The van der Waals surface area contributed by atoms with E-state index in [-0.39, 0.29) is 12.4 Å². The average Bonchev–Trinajstić information content (AvgIpc) is 2.29. The summed E-state index contributed by atoms with van der Waals surface area (Å²) in [7, 11) is 1.56. The van der Waals surface area contributed by atoms with Crippen LogP contribution in [-0.2, 0) is 6.42 Å². The molecule has 0 aliphatic rings. The van der Waals surface area contributed by atoms with Crippen LogP contribution in [0.15, 0.2) is 24.8 Å². The van der Waals surface area contributed by atoms with Gasteiger partial charge in [0.2, 0.25) is 0 Å². The van der Waals surface area contributed by atoms with Gasteiger partial charge in [0.05, 0.1) is 19.4 Å². The first kappa shape index (κ1) is 12.4. The minimum Gasteiger partial charge on any atom is -0.508 e. The molecule has 3 N–H and O–H groups in total. The summed E-state index contributed by atoms with van der Waals surface area (Å²) in [6.07, 6.45) is 2.30. The normalized spacial score (nSPS) is 9.88. The molecule has 88 valence electrons. The molecule has 0 saturated heterocycles. The fraction of sp³-hybridized carbons (Fsp3) is 0.333. The quantitative estimate of drug-likeness (QED) is 0.640. The maximum atomic E-state index is 9.74. The van der Waals surface area contributed by atoms with Gasteiger partial charge in [0.1, 0.15) is 11.5 Å². The molecule has 0 fully saturated rings. The highest BCUT2D eigenvalue weighted by molar-refractivity contribution is 5.62. The lowest BCUT2D eigenvalue weighted by Crippen LogP contribution is -2.07. The summed E-state index contributed by atoms with van der Waals surface area (Å²) in [6.45, 7) is 4.06. The van der Waals surface area contributed by atoms with Crippen molar-refractivity contribution in [2.45, 2.75) is 6.42 Å². The second-order valence-electron chi connectivity index (χ2n) is 3.32.